The van der Waals surface area contributed by atoms with E-state index in [2.05, 4.69) is 15.6 Å². The van der Waals surface area contributed by atoms with Gasteiger partial charge in [0.25, 0.3) is 0 Å². The van der Waals surface area contributed by atoms with Crippen LogP contribution in [0.3, 0.4) is 0 Å². The van der Waals surface area contributed by atoms with Crippen molar-refractivity contribution in [2.75, 3.05) is 17.7 Å². The molecule has 6 nitrogen and oxygen atoms in total. The molecule has 0 atom stereocenters. The third-order valence-electron chi connectivity index (χ3n) is 5.33. The molecule has 0 unspecified atom stereocenters. The quantitative estimate of drug-likeness (QED) is 0.349. The van der Waals surface area contributed by atoms with Crippen LogP contribution in [0.5, 0.6) is 5.75 Å². The maximum atomic E-state index is 13.0. The topological polar surface area (TPSA) is 68.2 Å². The van der Waals surface area contributed by atoms with Crippen molar-refractivity contribution in [3.05, 3.63) is 113 Å². The monoisotopic (exact) mass is 434 g/mol. The molecule has 2 heterocycles. The van der Waals surface area contributed by atoms with E-state index in [0.717, 1.165) is 22.6 Å². The summed E-state index contributed by atoms with van der Waals surface area (Å²) in [6.07, 6.45) is 1.61. The molecule has 0 spiro atoms. The van der Waals surface area contributed by atoms with Gasteiger partial charge in [0.15, 0.2) is 5.43 Å². The number of ether oxygens (including phenoxy) is 1. The van der Waals surface area contributed by atoms with E-state index < -0.39 is 0 Å². The largest absolute Gasteiger partial charge is 0.495 e. The predicted octanol–water partition coefficient (Wildman–Crippen LogP) is 5.88. The number of hydrogen-bond acceptors (Lipinski definition) is 5. The summed E-state index contributed by atoms with van der Waals surface area (Å²) in [5.41, 5.74) is 3.24. The third-order valence-corrected chi connectivity index (χ3v) is 5.33. The van der Waals surface area contributed by atoms with Crippen molar-refractivity contribution in [2.45, 2.75) is 0 Å². The lowest BCUT2D eigenvalue weighted by atomic mass is 10.2. The van der Waals surface area contributed by atoms with Crippen LogP contribution in [0.4, 0.5) is 23.0 Å². The molecule has 0 saturated heterocycles. The molecule has 0 aliphatic rings. The second kappa shape index (κ2) is 8.88. The Morgan fingerprint density at radius 2 is 1.52 bits per heavy atom. The van der Waals surface area contributed by atoms with Crippen LogP contribution >= 0.6 is 0 Å². The minimum Gasteiger partial charge on any atom is -0.495 e. The molecular formula is C27H22N4O2. The number of pyridine rings is 2. The first-order valence-corrected chi connectivity index (χ1v) is 10.6. The molecule has 0 fully saturated rings. The van der Waals surface area contributed by atoms with Crippen LogP contribution in [0.2, 0.25) is 0 Å². The SMILES string of the molecule is COc1ccccc1Nc1cc2c(cn1)c(=O)cc(Nc1ccccc1)n2-c1ccccc1. The smallest absolute Gasteiger partial charge is 0.193 e. The van der Waals surface area contributed by atoms with Crippen molar-refractivity contribution in [1.29, 1.82) is 0 Å². The van der Waals surface area contributed by atoms with Crippen molar-refractivity contribution < 1.29 is 4.74 Å². The highest BCUT2D eigenvalue weighted by atomic mass is 16.5. The molecular weight excluding hydrogens is 412 g/mol. The molecule has 6 heteroatoms. The van der Waals surface area contributed by atoms with Crippen LogP contribution < -0.4 is 20.8 Å². The van der Waals surface area contributed by atoms with Crippen molar-refractivity contribution in [3.63, 3.8) is 0 Å². The van der Waals surface area contributed by atoms with E-state index in [1.165, 1.54) is 0 Å². The first kappa shape index (κ1) is 20.3. The van der Waals surface area contributed by atoms with E-state index in [-0.39, 0.29) is 5.43 Å². The number of nitrogens with one attached hydrogen (secondary N) is 2. The Labute approximate surface area is 191 Å². The summed E-state index contributed by atoms with van der Waals surface area (Å²) >= 11 is 0. The minimum absolute atomic E-state index is 0.105. The molecule has 3 aromatic carbocycles. The number of para-hydroxylation sites is 4. The zero-order chi connectivity index (χ0) is 22.6. The van der Waals surface area contributed by atoms with Crippen molar-refractivity contribution in [2.24, 2.45) is 0 Å². The lowest BCUT2D eigenvalue weighted by molar-refractivity contribution is 0.417. The fourth-order valence-corrected chi connectivity index (χ4v) is 3.79. The molecule has 2 N–H and O–H groups in total. The normalized spacial score (nSPS) is 10.7. The number of rotatable bonds is 6. The van der Waals surface area contributed by atoms with E-state index in [1.54, 1.807) is 19.4 Å². The average Bonchev–Trinajstić information content (AvgIpc) is 2.85. The molecule has 0 radical (unpaired) electrons. The van der Waals surface area contributed by atoms with E-state index in [9.17, 15) is 4.79 Å². The highest BCUT2D eigenvalue weighted by Crippen LogP contribution is 2.29. The Morgan fingerprint density at radius 1 is 0.818 bits per heavy atom. The Kier molecular flexibility index (Phi) is 5.47. The maximum Gasteiger partial charge on any atom is 0.193 e. The van der Waals surface area contributed by atoms with Gasteiger partial charge in [-0.25, -0.2) is 4.98 Å². The van der Waals surface area contributed by atoms with Gasteiger partial charge in [-0.1, -0.05) is 48.5 Å². The third kappa shape index (κ3) is 4.14. The van der Waals surface area contributed by atoms with Gasteiger partial charge in [0.05, 0.1) is 23.7 Å². The van der Waals surface area contributed by atoms with E-state index in [0.29, 0.717) is 22.8 Å². The van der Waals surface area contributed by atoms with Gasteiger partial charge in [0, 0.05) is 29.7 Å². The first-order chi connectivity index (χ1) is 16.2. The van der Waals surface area contributed by atoms with E-state index >= 15 is 0 Å². The van der Waals surface area contributed by atoms with Gasteiger partial charge >= 0.3 is 0 Å². The number of benzene rings is 3. The fraction of sp³-hybridized carbons (Fsp3) is 0.0370. The molecule has 0 amide bonds. The van der Waals surface area contributed by atoms with Crippen LogP contribution in [-0.4, -0.2) is 16.7 Å². The summed E-state index contributed by atoms with van der Waals surface area (Å²) in [7, 11) is 1.63. The summed E-state index contributed by atoms with van der Waals surface area (Å²) in [6.45, 7) is 0. The number of anilines is 4. The highest BCUT2D eigenvalue weighted by molar-refractivity contribution is 5.86. The van der Waals surface area contributed by atoms with Gasteiger partial charge < -0.3 is 15.4 Å². The van der Waals surface area contributed by atoms with Gasteiger partial charge in [0.2, 0.25) is 0 Å². The molecule has 5 aromatic rings. The molecule has 0 saturated carbocycles. The zero-order valence-corrected chi connectivity index (χ0v) is 18.0. The average molecular weight is 434 g/mol. The number of fused-ring (bicyclic) bond motifs is 1. The summed E-state index contributed by atoms with van der Waals surface area (Å²) < 4.78 is 7.47. The Hall–Kier alpha value is -4.58. The van der Waals surface area contributed by atoms with Gasteiger partial charge in [-0.05, 0) is 36.4 Å². The van der Waals surface area contributed by atoms with Gasteiger partial charge in [-0.2, -0.15) is 0 Å². The Morgan fingerprint density at radius 3 is 2.27 bits per heavy atom. The molecule has 5 rings (SSSR count). The Balaban J connectivity index is 1.70. The van der Waals surface area contributed by atoms with Crippen molar-refractivity contribution in [3.8, 4) is 11.4 Å². The molecule has 0 aliphatic heterocycles. The lowest BCUT2D eigenvalue weighted by Gasteiger charge is -2.19. The minimum atomic E-state index is -0.105. The Bertz CT molecular complexity index is 1460. The molecule has 33 heavy (non-hydrogen) atoms. The second-order valence-corrected chi connectivity index (χ2v) is 7.47. The van der Waals surface area contributed by atoms with Crippen LogP contribution in [0, 0.1) is 0 Å². The van der Waals surface area contributed by atoms with Crippen LogP contribution in [0.25, 0.3) is 16.6 Å². The summed E-state index contributed by atoms with van der Waals surface area (Å²) in [6, 6.07) is 30.8. The fourth-order valence-electron chi connectivity index (χ4n) is 3.79. The molecule has 2 aromatic heterocycles. The predicted molar refractivity (Wildman–Crippen MR) is 133 cm³/mol. The second-order valence-electron chi connectivity index (χ2n) is 7.47. The number of aromatic nitrogens is 2. The van der Waals surface area contributed by atoms with Gasteiger partial charge in [-0.3, -0.25) is 9.36 Å². The summed E-state index contributed by atoms with van der Waals surface area (Å²) in [4.78, 5) is 17.5. The van der Waals surface area contributed by atoms with Crippen LogP contribution in [0.1, 0.15) is 0 Å². The van der Waals surface area contributed by atoms with Gasteiger partial charge in [0.1, 0.15) is 17.4 Å². The molecule has 0 bridgehead atoms. The number of hydrogen-bond donors (Lipinski definition) is 2. The summed E-state index contributed by atoms with van der Waals surface area (Å²) in [5.74, 6) is 1.98. The van der Waals surface area contributed by atoms with Crippen molar-refractivity contribution >= 4 is 33.9 Å². The standard InChI is InChI=1S/C27H22N4O2/c1-33-25-15-9-8-14-22(25)30-26-16-23-21(18-28-26)24(32)17-27(29-19-10-4-2-5-11-19)31(23)20-12-6-3-7-13-20/h2-18,29H,1H3,(H,28,30). The molecule has 0 aliphatic carbocycles. The van der Waals surface area contributed by atoms with Crippen LogP contribution in [0.15, 0.2) is 108 Å². The maximum absolute atomic E-state index is 13.0. The van der Waals surface area contributed by atoms with Crippen molar-refractivity contribution in [1.82, 2.24) is 9.55 Å². The lowest BCUT2D eigenvalue weighted by Crippen LogP contribution is -2.13. The number of nitrogens with zero attached hydrogens (tertiary/aromatic N) is 2. The van der Waals surface area contributed by atoms with Gasteiger partial charge in [-0.15, -0.1) is 0 Å². The first-order valence-electron chi connectivity index (χ1n) is 10.6. The zero-order valence-electron chi connectivity index (χ0n) is 18.0. The van der Waals surface area contributed by atoms with Crippen LogP contribution in [-0.2, 0) is 0 Å². The highest BCUT2D eigenvalue weighted by Gasteiger charge is 2.13. The number of methoxy groups -OCH3 is 1. The summed E-state index contributed by atoms with van der Waals surface area (Å²) in [5, 5.41) is 7.24. The van der Waals surface area contributed by atoms with E-state index in [1.807, 2.05) is 95.6 Å². The van der Waals surface area contributed by atoms with E-state index in [4.69, 9.17) is 4.74 Å². The molecule has 162 valence electrons.